The SMILES string of the molecule is CCOC[C@@]1(O)CC[C@H]2[C@H](CC[C@@H]3[C@@H]2CC[C@]2(C)[C@@H]([C@H](CC)NCc4ccccc4)CC[C@@H]32)C1. The Morgan fingerprint density at radius 3 is 2.53 bits per heavy atom. The van der Waals surface area contributed by atoms with Gasteiger partial charge in [0.05, 0.1) is 12.2 Å². The maximum atomic E-state index is 11.2. The number of hydrogen-bond acceptors (Lipinski definition) is 3. The molecule has 0 spiro atoms. The number of benzene rings is 1. The molecule has 9 atom stereocenters. The minimum Gasteiger partial charge on any atom is -0.387 e. The van der Waals surface area contributed by atoms with Gasteiger partial charge in [-0.25, -0.2) is 0 Å². The van der Waals surface area contributed by atoms with Crippen molar-refractivity contribution < 1.29 is 9.84 Å². The summed E-state index contributed by atoms with van der Waals surface area (Å²) in [7, 11) is 0. The van der Waals surface area contributed by atoms with Crippen LogP contribution >= 0.6 is 0 Å². The zero-order valence-electron chi connectivity index (χ0n) is 22.0. The van der Waals surface area contributed by atoms with Crippen molar-refractivity contribution >= 4 is 0 Å². The van der Waals surface area contributed by atoms with Gasteiger partial charge in [-0.1, -0.05) is 44.2 Å². The molecule has 0 amide bonds. The summed E-state index contributed by atoms with van der Waals surface area (Å²) >= 11 is 0. The van der Waals surface area contributed by atoms with E-state index in [4.69, 9.17) is 4.74 Å². The molecule has 4 fully saturated rings. The van der Waals surface area contributed by atoms with E-state index in [9.17, 15) is 5.11 Å². The minimum absolute atomic E-state index is 0.503. The lowest BCUT2D eigenvalue weighted by Crippen LogP contribution is -2.53. The van der Waals surface area contributed by atoms with Crippen LogP contribution in [0.2, 0.25) is 0 Å². The average Bonchev–Trinajstić information content (AvgIpc) is 3.21. The van der Waals surface area contributed by atoms with Crippen LogP contribution in [0.4, 0.5) is 0 Å². The summed E-state index contributed by atoms with van der Waals surface area (Å²) in [6.45, 7) is 9.35. The Bertz CT molecular complexity index is 798. The molecule has 3 heteroatoms. The third-order valence-electron chi connectivity index (χ3n) is 11.1. The van der Waals surface area contributed by atoms with Crippen LogP contribution in [-0.4, -0.2) is 30.0 Å². The van der Waals surface area contributed by atoms with Crippen molar-refractivity contribution in [1.82, 2.24) is 5.32 Å². The van der Waals surface area contributed by atoms with Crippen LogP contribution in [0, 0.1) is 40.9 Å². The molecule has 0 aliphatic heterocycles. The number of ether oxygens (including phenoxy) is 1. The second-order valence-electron chi connectivity index (χ2n) is 12.6. The first kappa shape index (κ1) is 24.8. The van der Waals surface area contributed by atoms with Crippen LogP contribution in [0.1, 0.15) is 90.5 Å². The van der Waals surface area contributed by atoms with Crippen LogP contribution in [-0.2, 0) is 11.3 Å². The monoisotopic (exact) mass is 467 g/mol. The van der Waals surface area contributed by atoms with Gasteiger partial charge in [-0.3, -0.25) is 0 Å². The number of fused-ring (bicyclic) bond motifs is 5. The minimum atomic E-state index is -0.565. The quantitative estimate of drug-likeness (QED) is 0.453. The van der Waals surface area contributed by atoms with E-state index in [-0.39, 0.29) is 0 Å². The first-order valence-electron chi connectivity index (χ1n) is 14.5. The molecule has 4 aliphatic carbocycles. The third kappa shape index (κ3) is 4.62. The van der Waals surface area contributed by atoms with Crippen molar-refractivity contribution in [3.8, 4) is 0 Å². The van der Waals surface area contributed by atoms with Crippen molar-refractivity contribution in [2.75, 3.05) is 13.2 Å². The summed E-state index contributed by atoms with van der Waals surface area (Å²) in [5.41, 5.74) is 1.34. The zero-order chi connectivity index (χ0) is 23.8. The largest absolute Gasteiger partial charge is 0.387 e. The lowest BCUT2D eigenvalue weighted by Gasteiger charge is -2.57. The third-order valence-corrected chi connectivity index (χ3v) is 11.1. The maximum absolute atomic E-state index is 11.2. The van der Waals surface area contributed by atoms with E-state index in [2.05, 4.69) is 49.5 Å². The first-order valence-corrected chi connectivity index (χ1v) is 14.5. The van der Waals surface area contributed by atoms with Gasteiger partial charge in [0.2, 0.25) is 0 Å². The molecule has 0 saturated heterocycles. The molecule has 1 aromatic carbocycles. The molecular formula is C31H49NO2. The fourth-order valence-corrected chi connectivity index (χ4v) is 9.50. The smallest absolute Gasteiger partial charge is 0.0883 e. The van der Waals surface area contributed by atoms with Crippen LogP contribution in [0.25, 0.3) is 0 Å². The van der Waals surface area contributed by atoms with Gasteiger partial charge in [0, 0.05) is 19.2 Å². The molecule has 0 heterocycles. The second kappa shape index (κ2) is 10.2. The van der Waals surface area contributed by atoms with Crippen molar-refractivity contribution in [3.63, 3.8) is 0 Å². The molecule has 190 valence electrons. The van der Waals surface area contributed by atoms with Crippen molar-refractivity contribution in [2.24, 2.45) is 40.9 Å². The fraction of sp³-hybridized carbons (Fsp3) is 0.806. The molecule has 4 aliphatic rings. The molecule has 1 aromatic rings. The number of hydrogen-bond donors (Lipinski definition) is 2. The molecular weight excluding hydrogens is 418 g/mol. The van der Waals surface area contributed by atoms with Crippen LogP contribution in [0.15, 0.2) is 30.3 Å². The lowest BCUT2D eigenvalue weighted by atomic mass is 9.48. The van der Waals surface area contributed by atoms with Gasteiger partial charge in [-0.05, 0) is 118 Å². The van der Waals surface area contributed by atoms with E-state index in [1.165, 1.54) is 56.9 Å². The van der Waals surface area contributed by atoms with E-state index in [0.717, 1.165) is 54.9 Å². The Balaban J connectivity index is 1.24. The molecule has 5 rings (SSSR count). The van der Waals surface area contributed by atoms with Gasteiger partial charge in [-0.2, -0.15) is 0 Å². The summed E-state index contributed by atoms with van der Waals surface area (Å²) < 4.78 is 5.67. The van der Waals surface area contributed by atoms with E-state index in [0.29, 0.717) is 24.7 Å². The molecule has 4 saturated carbocycles. The Kier molecular flexibility index (Phi) is 7.45. The maximum Gasteiger partial charge on any atom is 0.0883 e. The predicted octanol–water partition coefficient (Wildman–Crippen LogP) is 6.59. The van der Waals surface area contributed by atoms with E-state index < -0.39 is 5.60 Å². The van der Waals surface area contributed by atoms with Crippen LogP contribution < -0.4 is 5.32 Å². The van der Waals surface area contributed by atoms with E-state index >= 15 is 0 Å². The standard InChI is InChI=1S/C31H49NO2/c1-4-29(32-20-22-9-7-6-8-10-22)28-14-13-27-26-12-11-23-19-31(33,21-34-5-2)18-16-24(23)25(26)15-17-30(27,28)3/h6-10,23-29,32-33H,4-5,11-21H2,1-3H3/t23-,24+,25-,26-,27+,28-,29+,30+,31-/m1/s1. The molecule has 0 bridgehead atoms. The fourth-order valence-electron chi connectivity index (χ4n) is 9.50. The summed E-state index contributed by atoms with van der Waals surface area (Å²) in [5, 5.41) is 15.1. The predicted molar refractivity (Wildman–Crippen MR) is 139 cm³/mol. The molecule has 0 unspecified atom stereocenters. The normalized spacial score (nSPS) is 42.5. The van der Waals surface area contributed by atoms with Gasteiger partial charge in [0.1, 0.15) is 0 Å². The van der Waals surface area contributed by atoms with Gasteiger partial charge in [-0.15, -0.1) is 0 Å². The Morgan fingerprint density at radius 2 is 1.76 bits per heavy atom. The molecule has 34 heavy (non-hydrogen) atoms. The van der Waals surface area contributed by atoms with Gasteiger partial charge in [0.15, 0.2) is 0 Å². The highest BCUT2D eigenvalue weighted by atomic mass is 16.5. The highest BCUT2D eigenvalue weighted by molar-refractivity contribution is 5.15. The topological polar surface area (TPSA) is 41.5 Å². The average molecular weight is 468 g/mol. The molecule has 3 nitrogen and oxygen atoms in total. The molecule has 0 radical (unpaired) electrons. The summed E-state index contributed by atoms with van der Waals surface area (Å²) in [5.74, 6) is 5.13. The summed E-state index contributed by atoms with van der Waals surface area (Å²) in [6.07, 6.45) is 12.8. The highest BCUT2D eigenvalue weighted by Gasteiger charge is 2.58. The van der Waals surface area contributed by atoms with Crippen LogP contribution in [0.5, 0.6) is 0 Å². The second-order valence-corrected chi connectivity index (χ2v) is 12.6. The Morgan fingerprint density at radius 1 is 0.971 bits per heavy atom. The lowest BCUT2D eigenvalue weighted by molar-refractivity contribution is -0.129. The molecule has 2 N–H and O–H groups in total. The van der Waals surface area contributed by atoms with Crippen molar-refractivity contribution in [1.29, 1.82) is 0 Å². The van der Waals surface area contributed by atoms with Crippen molar-refractivity contribution in [3.05, 3.63) is 35.9 Å². The van der Waals surface area contributed by atoms with E-state index in [1.54, 1.807) is 0 Å². The Hall–Kier alpha value is -0.900. The van der Waals surface area contributed by atoms with Crippen LogP contribution in [0.3, 0.4) is 0 Å². The number of aliphatic hydroxyl groups is 1. The van der Waals surface area contributed by atoms with Gasteiger partial charge in [0.25, 0.3) is 0 Å². The van der Waals surface area contributed by atoms with Gasteiger partial charge < -0.3 is 15.2 Å². The molecule has 0 aromatic heterocycles. The first-order chi connectivity index (χ1) is 16.5. The van der Waals surface area contributed by atoms with Gasteiger partial charge >= 0.3 is 0 Å². The summed E-state index contributed by atoms with van der Waals surface area (Å²) in [4.78, 5) is 0. The number of nitrogens with one attached hydrogen (secondary N) is 1. The number of rotatable bonds is 8. The zero-order valence-corrected chi connectivity index (χ0v) is 22.0. The summed E-state index contributed by atoms with van der Waals surface area (Å²) in [6, 6.07) is 11.6. The Labute approximate surface area is 208 Å². The highest BCUT2D eigenvalue weighted by Crippen LogP contribution is 2.65. The van der Waals surface area contributed by atoms with Crippen molar-refractivity contribution in [2.45, 2.75) is 103 Å². The van der Waals surface area contributed by atoms with E-state index in [1.807, 2.05) is 6.92 Å².